The van der Waals surface area contributed by atoms with Crippen molar-refractivity contribution in [2.75, 3.05) is 0 Å². The Morgan fingerprint density at radius 3 is 2.89 bits per heavy atom. The summed E-state index contributed by atoms with van der Waals surface area (Å²) in [5, 5.41) is 4.14. The lowest BCUT2D eigenvalue weighted by atomic mass is 10.4. The zero-order valence-electron chi connectivity index (χ0n) is 5.54. The highest BCUT2D eigenvalue weighted by Gasteiger charge is 1.91. The number of nitrogens with zero attached hydrogens (tertiary/aromatic N) is 2. The highest BCUT2D eigenvalue weighted by atomic mass is 15.3. The molecule has 0 saturated carbocycles. The topological polar surface area (TPSA) is 43.8 Å². The summed E-state index contributed by atoms with van der Waals surface area (Å²) < 4.78 is 1.72. The molecule has 0 fully saturated rings. The number of hydrogen-bond donors (Lipinski definition) is 1. The summed E-state index contributed by atoms with van der Waals surface area (Å²) in [6, 6.07) is 1.98. The SMILES string of the molecule is CCc1ccn(CN)n1. The third kappa shape index (κ3) is 1.29. The minimum atomic E-state index is 0.472. The minimum absolute atomic E-state index is 0.472. The van der Waals surface area contributed by atoms with Crippen LogP contribution < -0.4 is 5.73 Å². The lowest BCUT2D eigenvalue weighted by Gasteiger charge is -1.90. The zero-order valence-corrected chi connectivity index (χ0v) is 5.54. The van der Waals surface area contributed by atoms with Crippen LogP contribution in [0.3, 0.4) is 0 Å². The Morgan fingerprint density at radius 2 is 2.56 bits per heavy atom. The lowest BCUT2D eigenvalue weighted by molar-refractivity contribution is 0.628. The molecule has 2 N–H and O–H groups in total. The Bertz CT molecular complexity index is 162. The van der Waals surface area contributed by atoms with Gasteiger partial charge < -0.3 is 5.73 Å². The van der Waals surface area contributed by atoms with Crippen molar-refractivity contribution in [1.29, 1.82) is 0 Å². The van der Waals surface area contributed by atoms with E-state index in [1.54, 1.807) is 4.68 Å². The number of hydrogen-bond acceptors (Lipinski definition) is 2. The van der Waals surface area contributed by atoms with Crippen LogP contribution in [0.1, 0.15) is 12.6 Å². The highest BCUT2D eigenvalue weighted by molar-refractivity contribution is 4.97. The normalized spacial score (nSPS) is 10.0. The van der Waals surface area contributed by atoms with Crippen LogP contribution >= 0.6 is 0 Å². The molecule has 1 rings (SSSR count). The van der Waals surface area contributed by atoms with E-state index in [1.165, 1.54) is 0 Å². The van der Waals surface area contributed by atoms with E-state index >= 15 is 0 Å². The van der Waals surface area contributed by atoms with E-state index in [2.05, 4.69) is 12.0 Å². The summed E-state index contributed by atoms with van der Waals surface area (Å²) >= 11 is 0. The largest absolute Gasteiger partial charge is 0.312 e. The first-order valence-electron chi connectivity index (χ1n) is 3.09. The monoisotopic (exact) mass is 125 g/mol. The molecule has 0 saturated heterocycles. The van der Waals surface area contributed by atoms with Crippen LogP contribution in [0.25, 0.3) is 0 Å². The van der Waals surface area contributed by atoms with Crippen LogP contribution in [0.2, 0.25) is 0 Å². The Hall–Kier alpha value is -0.830. The Morgan fingerprint density at radius 1 is 1.78 bits per heavy atom. The molecule has 0 unspecified atom stereocenters. The first-order valence-corrected chi connectivity index (χ1v) is 3.09. The fraction of sp³-hybridized carbons (Fsp3) is 0.500. The summed E-state index contributed by atoms with van der Waals surface area (Å²) in [6.45, 7) is 2.54. The van der Waals surface area contributed by atoms with Crippen LogP contribution in [0.5, 0.6) is 0 Å². The number of rotatable bonds is 2. The van der Waals surface area contributed by atoms with Crippen molar-refractivity contribution in [2.24, 2.45) is 5.73 Å². The fourth-order valence-corrected chi connectivity index (χ4v) is 0.694. The van der Waals surface area contributed by atoms with Gasteiger partial charge in [0.05, 0.1) is 12.4 Å². The molecule has 9 heavy (non-hydrogen) atoms. The van der Waals surface area contributed by atoms with Gasteiger partial charge in [-0.2, -0.15) is 5.10 Å². The second-order valence-electron chi connectivity index (χ2n) is 1.88. The molecule has 1 aromatic heterocycles. The van der Waals surface area contributed by atoms with Crippen LogP contribution in [-0.2, 0) is 13.1 Å². The van der Waals surface area contributed by atoms with Crippen LogP contribution in [0.4, 0.5) is 0 Å². The van der Waals surface area contributed by atoms with E-state index < -0.39 is 0 Å². The standard InChI is InChI=1S/C6H11N3/c1-2-6-3-4-9(5-7)8-6/h3-4H,2,5,7H2,1H3. The van der Waals surface area contributed by atoms with Gasteiger partial charge in [0.1, 0.15) is 0 Å². The summed E-state index contributed by atoms with van der Waals surface area (Å²) in [7, 11) is 0. The van der Waals surface area contributed by atoms with E-state index in [0.717, 1.165) is 12.1 Å². The van der Waals surface area contributed by atoms with E-state index in [0.29, 0.717) is 6.67 Å². The quantitative estimate of drug-likeness (QED) is 0.620. The Kier molecular flexibility index (Phi) is 1.85. The predicted molar refractivity (Wildman–Crippen MR) is 35.8 cm³/mol. The van der Waals surface area contributed by atoms with E-state index in [-0.39, 0.29) is 0 Å². The minimum Gasteiger partial charge on any atom is -0.312 e. The van der Waals surface area contributed by atoms with Crippen LogP contribution in [0, 0.1) is 0 Å². The van der Waals surface area contributed by atoms with Crippen molar-refractivity contribution in [3.63, 3.8) is 0 Å². The highest BCUT2D eigenvalue weighted by Crippen LogP contribution is 1.93. The van der Waals surface area contributed by atoms with Gasteiger partial charge >= 0.3 is 0 Å². The molecule has 0 aliphatic heterocycles. The molecule has 0 spiro atoms. The molecule has 0 amide bonds. The summed E-state index contributed by atoms with van der Waals surface area (Å²) in [5.74, 6) is 0. The number of aromatic nitrogens is 2. The summed E-state index contributed by atoms with van der Waals surface area (Å²) in [5.41, 5.74) is 6.42. The van der Waals surface area contributed by atoms with Crippen molar-refractivity contribution in [3.05, 3.63) is 18.0 Å². The van der Waals surface area contributed by atoms with Gasteiger partial charge in [0.2, 0.25) is 0 Å². The maximum atomic E-state index is 5.32. The molecule has 0 aliphatic rings. The summed E-state index contributed by atoms with van der Waals surface area (Å²) in [4.78, 5) is 0. The third-order valence-electron chi connectivity index (χ3n) is 1.25. The van der Waals surface area contributed by atoms with Gasteiger partial charge in [-0.3, -0.25) is 4.68 Å². The molecule has 0 radical (unpaired) electrons. The molecule has 1 heterocycles. The van der Waals surface area contributed by atoms with Crippen molar-refractivity contribution < 1.29 is 0 Å². The summed E-state index contributed by atoms with van der Waals surface area (Å²) in [6.07, 6.45) is 2.87. The van der Waals surface area contributed by atoms with Gasteiger partial charge in [0, 0.05) is 6.20 Å². The second kappa shape index (κ2) is 2.64. The van der Waals surface area contributed by atoms with Gasteiger partial charge in [-0.15, -0.1) is 0 Å². The van der Waals surface area contributed by atoms with Gasteiger partial charge in [-0.1, -0.05) is 6.92 Å². The zero-order chi connectivity index (χ0) is 6.69. The van der Waals surface area contributed by atoms with Gasteiger partial charge in [-0.05, 0) is 12.5 Å². The Balaban J connectivity index is 2.74. The van der Waals surface area contributed by atoms with E-state index in [9.17, 15) is 0 Å². The van der Waals surface area contributed by atoms with Gasteiger partial charge in [0.25, 0.3) is 0 Å². The second-order valence-corrected chi connectivity index (χ2v) is 1.88. The van der Waals surface area contributed by atoms with Gasteiger partial charge in [-0.25, -0.2) is 0 Å². The third-order valence-corrected chi connectivity index (χ3v) is 1.25. The smallest absolute Gasteiger partial charge is 0.0878 e. The molecule has 0 atom stereocenters. The maximum Gasteiger partial charge on any atom is 0.0878 e. The molecule has 3 heteroatoms. The van der Waals surface area contributed by atoms with Gasteiger partial charge in [0.15, 0.2) is 0 Å². The molecule has 50 valence electrons. The van der Waals surface area contributed by atoms with E-state index in [1.807, 2.05) is 12.3 Å². The van der Waals surface area contributed by atoms with Crippen molar-refractivity contribution >= 4 is 0 Å². The predicted octanol–water partition coefficient (Wildman–Crippen LogP) is 0.362. The number of nitrogens with two attached hydrogens (primary N) is 1. The molecule has 0 aromatic carbocycles. The fourth-order valence-electron chi connectivity index (χ4n) is 0.694. The molecule has 3 nitrogen and oxygen atoms in total. The average Bonchev–Trinajstić information content (AvgIpc) is 2.34. The maximum absolute atomic E-state index is 5.32. The van der Waals surface area contributed by atoms with Crippen molar-refractivity contribution in [2.45, 2.75) is 20.0 Å². The molecular weight excluding hydrogens is 114 g/mol. The first-order chi connectivity index (χ1) is 4.36. The lowest BCUT2D eigenvalue weighted by Crippen LogP contribution is -2.07. The van der Waals surface area contributed by atoms with Crippen LogP contribution in [-0.4, -0.2) is 9.78 Å². The molecular formula is C6H11N3. The Labute approximate surface area is 54.5 Å². The molecule has 0 bridgehead atoms. The van der Waals surface area contributed by atoms with Crippen molar-refractivity contribution in [3.8, 4) is 0 Å². The average molecular weight is 125 g/mol. The number of aryl methyl sites for hydroxylation is 1. The molecule has 0 aliphatic carbocycles. The van der Waals surface area contributed by atoms with E-state index in [4.69, 9.17) is 5.73 Å². The molecule has 1 aromatic rings. The first kappa shape index (κ1) is 6.29. The van der Waals surface area contributed by atoms with Crippen molar-refractivity contribution in [1.82, 2.24) is 9.78 Å². The van der Waals surface area contributed by atoms with Crippen LogP contribution in [0.15, 0.2) is 12.3 Å².